The van der Waals surface area contributed by atoms with Crippen LogP contribution in [0.15, 0.2) is 48.6 Å². The van der Waals surface area contributed by atoms with E-state index in [1.807, 2.05) is 0 Å². The number of phenols is 2. The second kappa shape index (κ2) is 21.2. The largest absolute Gasteiger partial charge is 0.504 e. The maximum Gasteiger partial charge on any atom is 0.311 e. The molecule has 0 bridgehead atoms. The molecule has 0 aliphatic heterocycles. The van der Waals surface area contributed by atoms with Crippen LogP contribution in [0, 0.1) is 0 Å². The fraction of sp³-hybridized carbons (Fsp3) is 0.561. The van der Waals surface area contributed by atoms with Gasteiger partial charge in [-0.05, 0) is 164 Å². The first-order valence-electron chi connectivity index (χ1n) is 20.1. The first kappa shape index (κ1) is 50.7. The van der Waals surface area contributed by atoms with E-state index in [1.54, 1.807) is 42.5 Å². The predicted octanol–water partition coefficient (Wildman–Crippen LogP) is 11.2. The van der Waals surface area contributed by atoms with Crippen LogP contribution < -0.4 is 9.47 Å². The summed E-state index contributed by atoms with van der Waals surface area (Å²) in [6, 6.07) is 11.7. The molecule has 2 N–H and O–H groups in total. The van der Waals surface area contributed by atoms with E-state index in [1.165, 1.54) is 25.3 Å². The van der Waals surface area contributed by atoms with Crippen LogP contribution >= 0.6 is 0 Å². The van der Waals surface area contributed by atoms with Gasteiger partial charge in [-0.25, -0.2) is 0 Å². The van der Waals surface area contributed by atoms with Gasteiger partial charge in [0.05, 0.1) is 19.6 Å². The van der Waals surface area contributed by atoms with Crippen LogP contribution in [-0.4, -0.2) is 85.4 Å². The van der Waals surface area contributed by atoms with E-state index in [2.05, 4.69) is 91.7 Å². The summed E-state index contributed by atoms with van der Waals surface area (Å²) >= 11 is 0. The number of carbonyl (C=O) groups is 2. The van der Waals surface area contributed by atoms with Gasteiger partial charge in [-0.15, -0.1) is 0 Å². The van der Waals surface area contributed by atoms with Gasteiger partial charge in [0.15, 0.2) is 67.8 Å². The third kappa shape index (κ3) is 21.4. The third-order valence-corrected chi connectivity index (χ3v) is 28.8. The fourth-order valence-electron chi connectivity index (χ4n) is 7.10. The van der Waals surface area contributed by atoms with Crippen molar-refractivity contribution in [2.75, 3.05) is 7.11 Å². The summed E-state index contributed by atoms with van der Waals surface area (Å²) in [6.45, 7) is 30.9. The Morgan fingerprint density at radius 3 is 1.37 bits per heavy atom. The van der Waals surface area contributed by atoms with Crippen LogP contribution in [0.5, 0.6) is 23.0 Å². The number of phenolic OH excluding ortho intramolecular Hbond substituents is 2. The maximum atomic E-state index is 12.7. The van der Waals surface area contributed by atoms with E-state index in [9.17, 15) is 19.8 Å². The molecular weight excluding hydrogens is 821 g/mol. The number of methoxy groups -OCH3 is 1. The Morgan fingerprint density at radius 2 is 0.982 bits per heavy atom. The van der Waals surface area contributed by atoms with Crippen molar-refractivity contribution < 1.29 is 45.7 Å². The first-order valence-corrected chi connectivity index (χ1v) is 38.7. The average molecular weight is 894 g/mol. The number of carbonyl (C=O) groups excluding carboxylic acids is 2. The number of rotatable bonds is 25. The summed E-state index contributed by atoms with van der Waals surface area (Å²) < 4.78 is 38.3. The highest BCUT2D eigenvalue weighted by molar-refractivity contribution is 6.88. The topological polar surface area (TPSA) is 130 Å². The van der Waals surface area contributed by atoms with Crippen LogP contribution in [0.4, 0.5) is 0 Å². The summed E-state index contributed by atoms with van der Waals surface area (Å²) in [5, 5.41) is 20.7. The monoisotopic (exact) mass is 892 g/mol. The third-order valence-electron chi connectivity index (χ3n) is 8.51. The Balaban J connectivity index is 2.18. The van der Waals surface area contributed by atoms with Crippen molar-refractivity contribution in [1.82, 2.24) is 0 Å². The van der Waals surface area contributed by atoms with Crippen molar-refractivity contribution in [2.45, 2.75) is 142 Å². The zero-order valence-corrected chi connectivity index (χ0v) is 43.5. The van der Waals surface area contributed by atoms with Crippen molar-refractivity contribution >= 4 is 74.1 Å². The lowest BCUT2D eigenvalue weighted by molar-refractivity contribution is -0.121. The lowest BCUT2D eigenvalue weighted by atomic mass is 10.1. The van der Waals surface area contributed by atoms with Crippen molar-refractivity contribution in [3.63, 3.8) is 0 Å². The van der Waals surface area contributed by atoms with Crippen molar-refractivity contribution in [1.29, 1.82) is 0 Å². The molecule has 2 aromatic carbocycles. The molecule has 0 aromatic heterocycles. The number of ether oxygens (including phenoxy) is 2. The highest BCUT2D eigenvalue weighted by atomic mass is 28.5. The summed E-state index contributed by atoms with van der Waals surface area (Å²) in [4.78, 5) is 25.3. The normalized spacial score (nSPS) is 13.5. The van der Waals surface area contributed by atoms with Gasteiger partial charge in [-0.2, -0.15) is 0 Å². The van der Waals surface area contributed by atoms with Gasteiger partial charge < -0.3 is 36.1 Å². The predicted molar refractivity (Wildman–Crippen MR) is 249 cm³/mol. The molecule has 0 aliphatic rings. The Morgan fingerprint density at radius 1 is 0.596 bits per heavy atom. The molecule has 16 heteroatoms. The van der Waals surface area contributed by atoms with Crippen LogP contribution in [0.1, 0.15) is 43.2 Å². The second-order valence-corrected chi connectivity index (χ2v) is 44.3. The molecule has 2 rings (SSSR count). The highest BCUT2D eigenvalue weighted by Crippen LogP contribution is 2.33. The number of hydrogen-bond donors (Lipinski definition) is 2. The molecule has 0 aliphatic carbocycles. The molecule has 0 unspecified atom stereocenters. The Kier molecular flexibility index (Phi) is 18.9. The highest BCUT2D eigenvalue weighted by Gasteiger charge is 2.39. The van der Waals surface area contributed by atoms with Gasteiger partial charge in [0, 0.05) is 0 Å². The number of aromatic hydroxyl groups is 2. The van der Waals surface area contributed by atoms with Crippen LogP contribution in [0.2, 0.25) is 104 Å². The van der Waals surface area contributed by atoms with Crippen LogP contribution in [0.25, 0.3) is 12.2 Å². The smallest absolute Gasteiger partial charge is 0.311 e. The Labute approximate surface area is 350 Å². The molecule has 320 valence electrons. The Bertz CT molecular complexity index is 1650. The zero-order chi connectivity index (χ0) is 43.5. The molecule has 0 saturated heterocycles. The van der Waals surface area contributed by atoms with E-state index < -0.39 is 50.4 Å². The summed E-state index contributed by atoms with van der Waals surface area (Å²) in [5.74, 6) is -0.0358. The van der Waals surface area contributed by atoms with Gasteiger partial charge in [0.2, 0.25) is 0 Å². The second-order valence-electron chi connectivity index (χ2n) is 18.9. The van der Waals surface area contributed by atoms with Gasteiger partial charge in [-0.1, -0.05) is 37.1 Å². The van der Waals surface area contributed by atoms with Crippen LogP contribution in [0.3, 0.4) is 0 Å². The molecular formula is C41H72O10Si6. The summed E-state index contributed by atoms with van der Waals surface area (Å²) in [6.07, 6.45) is 8.88. The number of allylic oxidation sites excluding steroid dienone is 2. The first-order chi connectivity index (χ1) is 26.0. The molecule has 0 fully saturated rings. The van der Waals surface area contributed by atoms with Gasteiger partial charge in [0.1, 0.15) is 0 Å². The van der Waals surface area contributed by atoms with Crippen LogP contribution in [-0.2, 0) is 26.0 Å². The average Bonchev–Trinajstić information content (AvgIpc) is 3.00. The molecule has 57 heavy (non-hydrogen) atoms. The lowest BCUT2D eigenvalue weighted by Gasteiger charge is -2.38. The van der Waals surface area contributed by atoms with E-state index >= 15 is 0 Å². The minimum atomic E-state index is -2.27. The van der Waals surface area contributed by atoms with E-state index in [-0.39, 0.29) is 35.6 Å². The molecule has 0 atom stereocenters. The molecule has 0 amide bonds. The zero-order valence-electron chi connectivity index (χ0n) is 37.5. The quantitative estimate of drug-likeness (QED) is 0.0564. The molecule has 10 nitrogen and oxygen atoms in total. The molecule has 0 saturated carbocycles. The number of benzene rings is 2. The van der Waals surface area contributed by atoms with Gasteiger partial charge >= 0.3 is 17.1 Å². The Hall–Kier alpha value is -2.40. The van der Waals surface area contributed by atoms with Gasteiger partial charge in [0.25, 0.3) is 0 Å². The number of hydrogen-bond acceptors (Lipinski definition) is 10. The minimum Gasteiger partial charge on any atom is -0.504 e. The molecule has 0 radical (unpaired) electrons. The standard InChI is InChI=1S/C41H72O10Si6/c1-46-40-30-33(22-26-38(40)44)20-24-35(42)32-36(43)25-21-34-23-27-39(45)41(31-34)47-37(18-16-28-54(8,9)50-56(12,13)48-52(2,3)4)19-17-29-55(10,11)51-57(14,15)49-53(5,6)7/h20-27,30-31,37,44-45H,16-19,28-29,32H2,1-15H3/b24-20+,25-21+. The van der Waals surface area contributed by atoms with E-state index in [4.69, 9.17) is 25.9 Å². The van der Waals surface area contributed by atoms with Gasteiger partial charge in [-0.3, -0.25) is 9.59 Å². The molecule has 0 heterocycles. The van der Waals surface area contributed by atoms with E-state index in [0.717, 1.165) is 37.8 Å². The lowest BCUT2D eigenvalue weighted by Crippen LogP contribution is -2.51. The maximum absolute atomic E-state index is 12.7. The SMILES string of the molecule is COc1cc(/C=C/C(=O)CC(=O)/C=C/c2ccc(O)c(OC(CCC[Si](C)(C)O[Si](C)(C)O[Si](C)(C)C)CCC[Si](C)(C)O[Si](C)(C)O[Si](C)(C)C)c2)ccc1O. The fourth-order valence-corrected chi connectivity index (χ4v) is 33.6. The van der Waals surface area contributed by atoms with Crippen molar-refractivity contribution in [3.05, 3.63) is 59.7 Å². The van der Waals surface area contributed by atoms with Crippen molar-refractivity contribution in [3.8, 4) is 23.0 Å². The summed E-state index contributed by atoms with van der Waals surface area (Å²) in [5.41, 5.74) is 1.33. The minimum absolute atomic E-state index is 0.000597. The molecule has 2 aromatic rings. The van der Waals surface area contributed by atoms with E-state index in [0.29, 0.717) is 22.6 Å². The number of ketones is 2. The summed E-state index contributed by atoms with van der Waals surface area (Å²) in [7, 11) is -10.6. The molecule has 0 spiro atoms. The van der Waals surface area contributed by atoms with Crippen molar-refractivity contribution in [2.24, 2.45) is 0 Å².